The van der Waals surface area contributed by atoms with Crippen molar-refractivity contribution in [2.24, 2.45) is 0 Å². The van der Waals surface area contributed by atoms with Gasteiger partial charge in [0, 0.05) is 23.7 Å². The molecule has 0 spiro atoms. The molecule has 1 aliphatic carbocycles. The van der Waals surface area contributed by atoms with E-state index in [-0.39, 0.29) is 12.1 Å². The molecule has 5 nitrogen and oxygen atoms in total. The van der Waals surface area contributed by atoms with Crippen LogP contribution in [0.2, 0.25) is 0 Å². The van der Waals surface area contributed by atoms with Gasteiger partial charge in [-0.2, -0.15) is 13.2 Å². The van der Waals surface area contributed by atoms with Gasteiger partial charge in [-0.1, -0.05) is 18.2 Å². The number of fused-ring (bicyclic) bond motifs is 3. The number of aromatic nitrogens is 3. The summed E-state index contributed by atoms with van der Waals surface area (Å²) in [4.78, 5) is 23.9. The predicted octanol–water partition coefficient (Wildman–Crippen LogP) is 4.57. The first kappa shape index (κ1) is 21.8. The number of nitrogens with zero attached hydrogens (tertiary/aromatic N) is 3. The summed E-state index contributed by atoms with van der Waals surface area (Å²) in [5, 5.41) is 4.15. The van der Waals surface area contributed by atoms with E-state index in [0.29, 0.717) is 28.4 Å². The number of benzene rings is 1. The van der Waals surface area contributed by atoms with Crippen LogP contribution in [0.1, 0.15) is 33.7 Å². The quantitative estimate of drug-likeness (QED) is 0.464. The number of pyridine rings is 1. The Kier molecular flexibility index (Phi) is 5.76. The fraction of sp³-hybridized carbons (Fsp3) is 0.292. The van der Waals surface area contributed by atoms with Gasteiger partial charge in [0.05, 0.1) is 29.5 Å². The molecule has 0 radical (unpaired) electrons. The third-order valence-corrected chi connectivity index (χ3v) is 7.10. The second-order valence-corrected chi connectivity index (χ2v) is 9.29. The van der Waals surface area contributed by atoms with Crippen molar-refractivity contribution in [3.05, 3.63) is 92.6 Å². The lowest BCUT2D eigenvalue weighted by Gasteiger charge is -2.23. The van der Waals surface area contributed by atoms with Crippen LogP contribution in [0.25, 0.3) is 10.2 Å². The van der Waals surface area contributed by atoms with Crippen molar-refractivity contribution >= 4 is 21.6 Å². The highest BCUT2D eigenvalue weighted by Gasteiger charge is 2.30. The van der Waals surface area contributed by atoms with Crippen LogP contribution in [-0.4, -0.2) is 20.6 Å². The SMILES string of the molecule is O=c1c2c3c(sc2ncn1Cc1cccc(C(F)(F)F)c1)CC(NCc1ccccn1)CC3. The Morgan fingerprint density at radius 2 is 2.03 bits per heavy atom. The third-order valence-electron chi connectivity index (χ3n) is 5.94. The van der Waals surface area contributed by atoms with E-state index in [2.05, 4.69) is 15.3 Å². The summed E-state index contributed by atoms with van der Waals surface area (Å²) >= 11 is 1.53. The van der Waals surface area contributed by atoms with Gasteiger partial charge in [-0.05, 0) is 54.7 Å². The van der Waals surface area contributed by atoms with Crippen molar-refractivity contribution in [1.29, 1.82) is 0 Å². The zero-order valence-corrected chi connectivity index (χ0v) is 18.4. The first-order valence-electron chi connectivity index (χ1n) is 10.7. The first-order chi connectivity index (χ1) is 15.9. The van der Waals surface area contributed by atoms with Gasteiger partial charge in [0.1, 0.15) is 4.83 Å². The molecule has 1 aromatic carbocycles. The lowest BCUT2D eigenvalue weighted by Crippen LogP contribution is -2.34. The number of halogens is 3. The molecule has 0 fully saturated rings. The van der Waals surface area contributed by atoms with Gasteiger partial charge in [-0.3, -0.25) is 14.3 Å². The Hall–Kier alpha value is -3.04. The van der Waals surface area contributed by atoms with E-state index in [1.165, 1.54) is 28.3 Å². The number of thiophene rings is 1. The molecule has 0 aliphatic heterocycles. The van der Waals surface area contributed by atoms with Crippen molar-refractivity contribution in [2.45, 2.75) is 44.6 Å². The maximum absolute atomic E-state index is 13.2. The number of nitrogens with one attached hydrogen (secondary N) is 1. The second kappa shape index (κ2) is 8.72. The van der Waals surface area contributed by atoms with E-state index in [4.69, 9.17) is 0 Å². The first-order valence-corrected chi connectivity index (χ1v) is 11.5. The smallest absolute Gasteiger partial charge is 0.308 e. The Bertz CT molecular complexity index is 1350. The zero-order chi connectivity index (χ0) is 23.0. The molecule has 0 amide bonds. The molecule has 0 saturated heterocycles. The molecule has 4 aromatic rings. The number of hydrogen-bond donors (Lipinski definition) is 1. The van der Waals surface area contributed by atoms with Gasteiger partial charge in [-0.25, -0.2) is 4.98 Å². The lowest BCUT2D eigenvalue weighted by molar-refractivity contribution is -0.137. The Morgan fingerprint density at radius 1 is 1.15 bits per heavy atom. The fourth-order valence-electron chi connectivity index (χ4n) is 4.28. The molecule has 3 heterocycles. The highest BCUT2D eigenvalue weighted by Crippen LogP contribution is 2.34. The maximum atomic E-state index is 13.2. The van der Waals surface area contributed by atoms with E-state index >= 15 is 0 Å². The van der Waals surface area contributed by atoms with Gasteiger partial charge in [0.15, 0.2) is 0 Å². The summed E-state index contributed by atoms with van der Waals surface area (Å²) in [6.45, 7) is 0.734. The number of rotatable bonds is 5. The molecule has 1 aliphatic rings. The van der Waals surface area contributed by atoms with Gasteiger partial charge >= 0.3 is 6.18 Å². The van der Waals surface area contributed by atoms with E-state index < -0.39 is 11.7 Å². The standard InChI is InChI=1S/C24H21F3N4OS/c25-24(26,27)16-5-3-4-15(10-16)13-31-14-30-22-21(23(31)32)19-8-7-17(11-20(19)33-22)29-12-18-6-1-2-9-28-18/h1-6,9-10,14,17,29H,7-8,11-13H2. The monoisotopic (exact) mass is 470 g/mol. The number of alkyl halides is 3. The minimum Gasteiger partial charge on any atom is -0.308 e. The molecular weight excluding hydrogens is 449 g/mol. The molecule has 1 unspecified atom stereocenters. The van der Waals surface area contributed by atoms with Crippen molar-refractivity contribution in [1.82, 2.24) is 19.9 Å². The fourth-order valence-corrected chi connectivity index (χ4v) is 5.54. The molecule has 170 valence electrons. The summed E-state index contributed by atoms with van der Waals surface area (Å²) in [7, 11) is 0. The Morgan fingerprint density at radius 3 is 2.82 bits per heavy atom. The van der Waals surface area contributed by atoms with Gasteiger partial charge < -0.3 is 5.32 Å². The third kappa shape index (κ3) is 4.56. The molecule has 9 heteroatoms. The Labute approximate surface area is 191 Å². The largest absolute Gasteiger partial charge is 0.416 e. The normalized spacial score (nSPS) is 16.2. The molecule has 1 N–H and O–H groups in total. The topological polar surface area (TPSA) is 59.8 Å². The van der Waals surface area contributed by atoms with Crippen LogP contribution in [0.15, 0.2) is 59.8 Å². The highest BCUT2D eigenvalue weighted by atomic mass is 32.1. The summed E-state index contributed by atoms with van der Waals surface area (Å²) in [6, 6.07) is 11.2. The predicted molar refractivity (Wildman–Crippen MR) is 121 cm³/mol. The zero-order valence-electron chi connectivity index (χ0n) is 17.6. The van der Waals surface area contributed by atoms with Crippen LogP contribution in [-0.2, 0) is 32.1 Å². The lowest BCUT2D eigenvalue weighted by atomic mass is 9.93. The molecule has 0 bridgehead atoms. The maximum Gasteiger partial charge on any atom is 0.416 e. The molecule has 5 rings (SSSR count). The van der Waals surface area contributed by atoms with Crippen LogP contribution in [0.4, 0.5) is 13.2 Å². The van der Waals surface area contributed by atoms with E-state index in [1.807, 2.05) is 18.2 Å². The van der Waals surface area contributed by atoms with Crippen LogP contribution in [0, 0.1) is 0 Å². The average molecular weight is 471 g/mol. The van der Waals surface area contributed by atoms with E-state index in [0.717, 1.165) is 47.5 Å². The van der Waals surface area contributed by atoms with E-state index in [9.17, 15) is 18.0 Å². The molecule has 3 aromatic heterocycles. The van der Waals surface area contributed by atoms with Gasteiger partial charge in [0.25, 0.3) is 5.56 Å². The summed E-state index contributed by atoms with van der Waals surface area (Å²) < 4.78 is 40.5. The summed E-state index contributed by atoms with van der Waals surface area (Å²) in [5.74, 6) is 0. The van der Waals surface area contributed by atoms with Crippen LogP contribution in [0.5, 0.6) is 0 Å². The van der Waals surface area contributed by atoms with Crippen LogP contribution >= 0.6 is 11.3 Å². The highest BCUT2D eigenvalue weighted by molar-refractivity contribution is 7.18. The molecule has 33 heavy (non-hydrogen) atoms. The summed E-state index contributed by atoms with van der Waals surface area (Å²) in [6.07, 6.45) is 1.27. The van der Waals surface area contributed by atoms with Crippen LogP contribution < -0.4 is 10.9 Å². The molecule has 0 saturated carbocycles. The minimum absolute atomic E-state index is 0.0462. The number of aryl methyl sites for hydroxylation is 1. The minimum atomic E-state index is -4.42. The van der Waals surface area contributed by atoms with Crippen molar-refractivity contribution in [2.75, 3.05) is 0 Å². The van der Waals surface area contributed by atoms with E-state index in [1.54, 1.807) is 12.3 Å². The van der Waals surface area contributed by atoms with Crippen LogP contribution in [0.3, 0.4) is 0 Å². The number of hydrogen-bond acceptors (Lipinski definition) is 5. The van der Waals surface area contributed by atoms with Crippen molar-refractivity contribution in [3.63, 3.8) is 0 Å². The van der Waals surface area contributed by atoms with Gasteiger partial charge in [-0.15, -0.1) is 11.3 Å². The Balaban J connectivity index is 1.37. The molecular formula is C24H21F3N4OS. The van der Waals surface area contributed by atoms with Crippen molar-refractivity contribution < 1.29 is 13.2 Å². The van der Waals surface area contributed by atoms with Crippen molar-refractivity contribution in [3.8, 4) is 0 Å². The molecule has 1 atom stereocenters. The van der Waals surface area contributed by atoms with Gasteiger partial charge in [0.2, 0.25) is 0 Å². The summed E-state index contributed by atoms with van der Waals surface area (Å²) in [5.41, 5.74) is 1.51. The second-order valence-electron chi connectivity index (χ2n) is 8.20. The average Bonchev–Trinajstić information content (AvgIpc) is 3.18.